The number of rotatable bonds is 3. The SMILES string of the molecule is CCCC(=O)C1C[C@@H]2CN(C)CC[C@H]2CC1=O. The van der Waals surface area contributed by atoms with Gasteiger partial charge < -0.3 is 4.90 Å². The van der Waals surface area contributed by atoms with Crippen molar-refractivity contribution >= 4 is 11.6 Å². The van der Waals surface area contributed by atoms with E-state index in [0.717, 1.165) is 32.4 Å². The van der Waals surface area contributed by atoms with E-state index in [1.54, 1.807) is 0 Å². The molecular formula is C14H23NO2. The highest BCUT2D eigenvalue weighted by molar-refractivity contribution is 6.02. The van der Waals surface area contributed by atoms with Gasteiger partial charge in [-0.05, 0) is 44.7 Å². The molecule has 2 aliphatic rings. The topological polar surface area (TPSA) is 37.4 Å². The van der Waals surface area contributed by atoms with Gasteiger partial charge in [0.25, 0.3) is 0 Å². The zero-order valence-electron chi connectivity index (χ0n) is 10.9. The molecule has 0 N–H and O–H groups in total. The van der Waals surface area contributed by atoms with E-state index in [1.165, 1.54) is 0 Å². The van der Waals surface area contributed by atoms with Crippen LogP contribution in [0, 0.1) is 17.8 Å². The first-order chi connectivity index (χ1) is 8.11. The molecule has 0 aromatic carbocycles. The van der Waals surface area contributed by atoms with Gasteiger partial charge in [0.15, 0.2) is 0 Å². The van der Waals surface area contributed by atoms with Gasteiger partial charge in [0, 0.05) is 19.4 Å². The molecule has 3 heteroatoms. The van der Waals surface area contributed by atoms with E-state index >= 15 is 0 Å². The van der Waals surface area contributed by atoms with E-state index in [9.17, 15) is 9.59 Å². The van der Waals surface area contributed by atoms with Gasteiger partial charge in [0.05, 0.1) is 5.92 Å². The van der Waals surface area contributed by atoms with E-state index in [2.05, 4.69) is 11.9 Å². The minimum Gasteiger partial charge on any atom is -0.306 e. The zero-order chi connectivity index (χ0) is 12.4. The van der Waals surface area contributed by atoms with E-state index in [4.69, 9.17) is 0 Å². The molecule has 0 aromatic heterocycles. The van der Waals surface area contributed by atoms with Crippen LogP contribution < -0.4 is 0 Å². The molecule has 1 saturated carbocycles. The highest BCUT2D eigenvalue weighted by Gasteiger charge is 2.40. The fourth-order valence-electron chi connectivity index (χ4n) is 3.36. The first kappa shape index (κ1) is 12.7. The van der Waals surface area contributed by atoms with Gasteiger partial charge in [-0.2, -0.15) is 0 Å². The molecule has 0 aromatic rings. The Morgan fingerprint density at radius 3 is 2.88 bits per heavy atom. The normalized spacial score (nSPS) is 34.5. The summed E-state index contributed by atoms with van der Waals surface area (Å²) < 4.78 is 0. The monoisotopic (exact) mass is 237 g/mol. The average Bonchev–Trinajstić information content (AvgIpc) is 2.29. The van der Waals surface area contributed by atoms with Gasteiger partial charge in [-0.3, -0.25) is 9.59 Å². The van der Waals surface area contributed by atoms with Crippen LogP contribution in [0.5, 0.6) is 0 Å². The summed E-state index contributed by atoms with van der Waals surface area (Å²) in [5, 5.41) is 0. The number of fused-ring (bicyclic) bond motifs is 1. The van der Waals surface area contributed by atoms with Crippen molar-refractivity contribution in [2.75, 3.05) is 20.1 Å². The molecular weight excluding hydrogens is 214 g/mol. The molecule has 1 saturated heterocycles. The number of hydrogen-bond donors (Lipinski definition) is 0. The molecule has 3 atom stereocenters. The molecule has 2 fully saturated rings. The molecule has 3 nitrogen and oxygen atoms in total. The number of nitrogens with zero attached hydrogens (tertiary/aromatic N) is 1. The van der Waals surface area contributed by atoms with Crippen LogP contribution in [0.2, 0.25) is 0 Å². The van der Waals surface area contributed by atoms with E-state index in [1.807, 2.05) is 6.92 Å². The number of piperidine rings is 1. The number of carbonyl (C=O) groups is 2. The van der Waals surface area contributed by atoms with Crippen molar-refractivity contribution in [2.24, 2.45) is 17.8 Å². The lowest BCUT2D eigenvalue weighted by Gasteiger charge is -2.41. The lowest BCUT2D eigenvalue weighted by Crippen LogP contribution is -2.45. The Morgan fingerprint density at radius 1 is 1.41 bits per heavy atom. The van der Waals surface area contributed by atoms with Crippen molar-refractivity contribution in [3.05, 3.63) is 0 Å². The van der Waals surface area contributed by atoms with Crippen molar-refractivity contribution in [3.8, 4) is 0 Å². The summed E-state index contributed by atoms with van der Waals surface area (Å²) in [5.74, 6) is 1.24. The fraction of sp³-hybridized carbons (Fsp3) is 0.857. The molecule has 0 bridgehead atoms. The van der Waals surface area contributed by atoms with Gasteiger partial charge >= 0.3 is 0 Å². The average molecular weight is 237 g/mol. The van der Waals surface area contributed by atoms with Crippen molar-refractivity contribution in [2.45, 2.75) is 39.0 Å². The zero-order valence-corrected chi connectivity index (χ0v) is 10.9. The van der Waals surface area contributed by atoms with Crippen molar-refractivity contribution in [3.63, 3.8) is 0 Å². The predicted molar refractivity (Wildman–Crippen MR) is 66.7 cm³/mol. The second-order valence-corrected chi connectivity index (χ2v) is 5.75. The van der Waals surface area contributed by atoms with Crippen LogP contribution in [-0.2, 0) is 9.59 Å². The third kappa shape index (κ3) is 2.76. The maximum atomic E-state index is 12.0. The van der Waals surface area contributed by atoms with E-state index in [-0.39, 0.29) is 17.5 Å². The summed E-state index contributed by atoms with van der Waals surface area (Å²) in [5.41, 5.74) is 0. The number of likely N-dealkylation sites (tertiary alicyclic amines) is 1. The number of ketones is 2. The highest BCUT2D eigenvalue weighted by Crippen LogP contribution is 2.37. The molecule has 1 aliphatic carbocycles. The molecule has 1 heterocycles. The maximum absolute atomic E-state index is 12.0. The van der Waals surface area contributed by atoms with Crippen molar-refractivity contribution in [1.82, 2.24) is 4.90 Å². The maximum Gasteiger partial charge on any atom is 0.143 e. The van der Waals surface area contributed by atoms with Crippen LogP contribution in [0.3, 0.4) is 0 Å². The molecule has 1 unspecified atom stereocenters. The summed E-state index contributed by atoms with van der Waals surface area (Å²) in [4.78, 5) is 26.3. The Kier molecular flexibility index (Phi) is 3.97. The molecule has 17 heavy (non-hydrogen) atoms. The highest BCUT2D eigenvalue weighted by atomic mass is 16.1. The van der Waals surface area contributed by atoms with Crippen LogP contribution in [0.15, 0.2) is 0 Å². The minimum atomic E-state index is -0.275. The molecule has 0 radical (unpaired) electrons. The lowest BCUT2D eigenvalue weighted by atomic mass is 9.69. The molecule has 0 spiro atoms. The van der Waals surface area contributed by atoms with Crippen molar-refractivity contribution in [1.29, 1.82) is 0 Å². The summed E-state index contributed by atoms with van der Waals surface area (Å²) in [6.07, 6.45) is 4.02. The van der Waals surface area contributed by atoms with Crippen LogP contribution in [-0.4, -0.2) is 36.6 Å². The molecule has 96 valence electrons. The van der Waals surface area contributed by atoms with Crippen LogP contribution >= 0.6 is 0 Å². The number of Topliss-reactive ketones (excluding diaryl/α,β-unsaturated/α-hetero) is 2. The van der Waals surface area contributed by atoms with Crippen LogP contribution in [0.1, 0.15) is 39.0 Å². The van der Waals surface area contributed by atoms with Gasteiger partial charge in [-0.25, -0.2) is 0 Å². The summed E-state index contributed by atoms with van der Waals surface area (Å²) >= 11 is 0. The Balaban J connectivity index is 2.01. The first-order valence-electron chi connectivity index (χ1n) is 6.85. The molecule has 0 amide bonds. The quantitative estimate of drug-likeness (QED) is 0.704. The third-order valence-electron chi connectivity index (χ3n) is 4.37. The fourth-order valence-corrected chi connectivity index (χ4v) is 3.36. The van der Waals surface area contributed by atoms with Gasteiger partial charge in [0.1, 0.15) is 11.6 Å². The summed E-state index contributed by atoms with van der Waals surface area (Å²) in [6, 6.07) is 0. The second kappa shape index (κ2) is 5.30. The predicted octanol–water partition coefficient (Wildman–Crippen LogP) is 1.90. The van der Waals surface area contributed by atoms with Gasteiger partial charge in [0.2, 0.25) is 0 Å². The Labute approximate surface area is 104 Å². The third-order valence-corrected chi connectivity index (χ3v) is 4.37. The summed E-state index contributed by atoms with van der Waals surface area (Å²) in [7, 11) is 2.13. The molecule has 1 aliphatic heterocycles. The number of hydrogen-bond acceptors (Lipinski definition) is 3. The lowest BCUT2D eigenvalue weighted by molar-refractivity contribution is -0.138. The Morgan fingerprint density at radius 2 is 2.18 bits per heavy atom. The Hall–Kier alpha value is -0.700. The van der Waals surface area contributed by atoms with Crippen LogP contribution in [0.25, 0.3) is 0 Å². The summed E-state index contributed by atoms with van der Waals surface area (Å²) in [6.45, 7) is 4.16. The second-order valence-electron chi connectivity index (χ2n) is 5.75. The molecule has 2 rings (SSSR count). The standard InChI is InChI=1S/C14H23NO2/c1-3-4-13(16)12-7-11-9-15(2)6-5-10(11)8-14(12)17/h10-12H,3-9H2,1-2H3/t10-,11+,12?/m0/s1. The van der Waals surface area contributed by atoms with Gasteiger partial charge in [-0.15, -0.1) is 0 Å². The van der Waals surface area contributed by atoms with E-state index < -0.39 is 0 Å². The largest absolute Gasteiger partial charge is 0.306 e. The first-order valence-corrected chi connectivity index (χ1v) is 6.85. The van der Waals surface area contributed by atoms with Crippen LogP contribution in [0.4, 0.5) is 0 Å². The minimum absolute atomic E-state index is 0.184. The van der Waals surface area contributed by atoms with E-state index in [0.29, 0.717) is 24.7 Å². The van der Waals surface area contributed by atoms with Gasteiger partial charge in [-0.1, -0.05) is 6.92 Å². The number of carbonyl (C=O) groups excluding carboxylic acids is 2. The Bertz CT molecular complexity index is 313. The van der Waals surface area contributed by atoms with Crippen molar-refractivity contribution < 1.29 is 9.59 Å². The smallest absolute Gasteiger partial charge is 0.143 e.